The van der Waals surface area contributed by atoms with E-state index in [4.69, 9.17) is 14.2 Å². The molecule has 1 aromatic rings. The number of carbonyl (C=O) groups excluding carboxylic acids is 1. The molecule has 0 amide bonds. The topological polar surface area (TPSA) is 51.2 Å². The number of para-hydroxylation sites is 1. The molecule has 4 heterocycles. The Kier molecular flexibility index (Phi) is 3.27. The second-order valence-electron chi connectivity index (χ2n) is 8.70. The molecular formula is C22H26N2O4. The largest absolute Gasteiger partial charge is 0.469 e. The number of benzene rings is 1. The Morgan fingerprint density at radius 1 is 1.36 bits per heavy atom. The average molecular weight is 382 g/mol. The van der Waals surface area contributed by atoms with Crippen LogP contribution in [0, 0.1) is 11.8 Å². The van der Waals surface area contributed by atoms with Crippen molar-refractivity contribution in [2.75, 3.05) is 32.4 Å². The van der Waals surface area contributed by atoms with Crippen LogP contribution in [0.3, 0.4) is 0 Å². The van der Waals surface area contributed by atoms with Crippen molar-refractivity contribution in [2.24, 2.45) is 11.8 Å². The van der Waals surface area contributed by atoms with Crippen LogP contribution in [0.25, 0.3) is 0 Å². The fraction of sp³-hybridized carbons (Fsp3) is 0.591. The molecule has 4 fully saturated rings. The van der Waals surface area contributed by atoms with Crippen LogP contribution >= 0.6 is 0 Å². The third kappa shape index (κ3) is 1.55. The summed E-state index contributed by atoms with van der Waals surface area (Å²) >= 11 is 0. The third-order valence-corrected chi connectivity index (χ3v) is 8.09. The van der Waals surface area contributed by atoms with Crippen molar-refractivity contribution in [3.63, 3.8) is 0 Å². The quantitative estimate of drug-likeness (QED) is 0.590. The maximum Gasteiger partial charge on any atom is 0.310 e. The van der Waals surface area contributed by atoms with Crippen molar-refractivity contribution < 1.29 is 19.0 Å². The van der Waals surface area contributed by atoms with E-state index in [2.05, 4.69) is 47.1 Å². The van der Waals surface area contributed by atoms with Gasteiger partial charge in [-0.1, -0.05) is 29.8 Å². The van der Waals surface area contributed by atoms with Crippen LogP contribution in [0.2, 0.25) is 0 Å². The van der Waals surface area contributed by atoms with Gasteiger partial charge in [-0.3, -0.25) is 9.69 Å². The van der Waals surface area contributed by atoms with E-state index in [1.807, 2.05) is 0 Å². The van der Waals surface area contributed by atoms with Gasteiger partial charge in [-0.05, 0) is 30.9 Å². The molecule has 1 spiro atoms. The minimum absolute atomic E-state index is 0.0288. The standard InChI is InChI=1S/C22H26N2O4/c1-4-13-11-23-17-9-14(13)19(20(25)27-3)21-10-18(23)28-22(17,21)24(12-26-2)16-8-6-5-7-15(16)21/h4-8,14,17-19H,9-12H2,1-3H3/b13-4-/t14?,17-,18-,19?,21-,22-/m0/s1. The molecule has 148 valence electrons. The first-order chi connectivity index (χ1) is 13.6. The fourth-order valence-electron chi connectivity index (χ4n) is 7.34. The summed E-state index contributed by atoms with van der Waals surface area (Å²) in [5, 5.41) is 0. The number of ether oxygens (including phenoxy) is 3. The van der Waals surface area contributed by atoms with E-state index in [1.54, 1.807) is 7.11 Å². The maximum atomic E-state index is 13.3. The summed E-state index contributed by atoms with van der Waals surface area (Å²) in [4.78, 5) is 18.1. The number of hydrogen-bond acceptors (Lipinski definition) is 6. The highest BCUT2D eigenvalue weighted by Crippen LogP contribution is 2.74. The molecule has 6 atom stereocenters. The Bertz CT molecular complexity index is 900. The molecule has 28 heavy (non-hydrogen) atoms. The van der Waals surface area contributed by atoms with Crippen LogP contribution in [0.5, 0.6) is 0 Å². The molecule has 6 heteroatoms. The average Bonchev–Trinajstić information content (AvgIpc) is 3.32. The molecule has 1 aromatic carbocycles. The van der Waals surface area contributed by atoms with Crippen LogP contribution in [-0.4, -0.2) is 56.4 Å². The second kappa shape index (κ2) is 5.38. The minimum atomic E-state index is -0.564. The zero-order valence-electron chi connectivity index (χ0n) is 16.6. The van der Waals surface area contributed by atoms with Gasteiger partial charge in [-0.15, -0.1) is 0 Å². The van der Waals surface area contributed by atoms with Gasteiger partial charge in [0.15, 0.2) is 5.72 Å². The summed E-state index contributed by atoms with van der Waals surface area (Å²) in [6, 6.07) is 8.73. The zero-order valence-corrected chi connectivity index (χ0v) is 16.6. The molecule has 0 aromatic heterocycles. The van der Waals surface area contributed by atoms with Gasteiger partial charge in [0.1, 0.15) is 13.0 Å². The summed E-state index contributed by atoms with van der Waals surface area (Å²) in [5.74, 6) is -0.152. The van der Waals surface area contributed by atoms with Crippen LogP contribution in [-0.2, 0) is 24.4 Å². The molecule has 0 N–H and O–H groups in total. The number of allylic oxidation sites excluding steroid dienone is 1. The fourth-order valence-corrected chi connectivity index (χ4v) is 7.34. The molecule has 1 aliphatic carbocycles. The number of anilines is 1. The van der Waals surface area contributed by atoms with Gasteiger partial charge in [-0.25, -0.2) is 0 Å². The normalized spacial score (nSPS) is 43.5. The van der Waals surface area contributed by atoms with Crippen LogP contribution in [0.4, 0.5) is 5.69 Å². The van der Waals surface area contributed by atoms with Crippen molar-refractivity contribution in [1.29, 1.82) is 0 Å². The predicted octanol–water partition coefficient (Wildman–Crippen LogP) is 2.24. The molecular weight excluding hydrogens is 356 g/mol. The number of nitrogens with zero attached hydrogens (tertiary/aromatic N) is 2. The van der Waals surface area contributed by atoms with Crippen LogP contribution < -0.4 is 4.90 Å². The van der Waals surface area contributed by atoms with Gasteiger partial charge >= 0.3 is 5.97 Å². The van der Waals surface area contributed by atoms with Gasteiger partial charge in [-0.2, -0.15) is 0 Å². The summed E-state index contributed by atoms with van der Waals surface area (Å²) in [5.41, 5.74) is 2.73. The van der Waals surface area contributed by atoms with E-state index in [-0.39, 0.29) is 30.1 Å². The summed E-state index contributed by atoms with van der Waals surface area (Å²) in [7, 11) is 3.24. The highest BCUT2D eigenvalue weighted by Gasteiger charge is 2.84. The molecule has 0 radical (unpaired) electrons. The molecule has 4 bridgehead atoms. The zero-order chi connectivity index (χ0) is 19.3. The second-order valence-corrected chi connectivity index (χ2v) is 8.70. The van der Waals surface area contributed by atoms with E-state index < -0.39 is 11.1 Å². The smallest absolute Gasteiger partial charge is 0.310 e. The van der Waals surface area contributed by atoms with Crippen molar-refractivity contribution in [2.45, 2.75) is 43.2 Å². The van der Waals surface area contributed by atoms with Crippen molar-refractivity contribution >= 4 is 11.7 Å². The lowest BCUT2D eigenvalue weighted by Gasteiger charge is -2.61. The van der Waals surface area contributed by atoms with Gasteiger partial charge in [0.05, 0.1) is 24.5 Å². The number of piperidine rings is 2. The highest BCUT2D eigenvalue weighted by molar-refractivity contribution is 5.82. The Morgan fingerprint density at radius 2 is 2.18 bits per heavy atom. The number of hydrogen-bond donors (Lipinski definition) is 0. The van der Waals surface area contributed by atoms with Gasteiger partial charge in [0, 0.05) is 25.8 Å². The maximum absolute atomic E-state index is 13.3. The van der Waals surface area contributed by atoms with E-state index >= 15 is 0 Å². The number of fused-ring (bicyclic) bond motifs is 4. The van der Waals surface area contributed by atoms with Crippen LogP contribution in [0.15, 0.2) is 35.9 Å². The van der Waals surface area contributed by atoms with E-state index in [0.717, 1.165) is 25.1 Å². The van der Waals surface area contributed by atoms with Crippen molar-refractivity contribution in [3.05, 3.63) is 41.5 Å². The molecule has 6 rings (SSSR count). The SMILES string of the molecule is C/C=C1/CN2[C@@H]3C[C@@]45c6ccccc6N(COC)[C@]4(O3)[C@@H]2CC1C5C(=O)OC. The monoisotopic (exact) mass is 382 g/mol. The summed E-state index contributed by atoms with van der Waals surface area (Å²) in [6.45, 7) is 3.41. The molecule has 6 nitrogen and oxygen atoms in total. The number of esters is 1. The predicted molar refractivity (Wildman–Crippen MR) is 103 cm³/mol. The van der Waals surface area contributed by atoms with E-state index in [9.17, 15) is 4.79 Å². The number of carbonyl (C=O) groups is 1. The Balaban J connectivity index is 1.67. The Morgan fingerprint density at radius 3 is 2.93 bits per heavy atom. The molecule has 4 aliphatic heterocycles. The number of methoxy groups -OCH3 is 2. The Hall–Kier alpha value is -1.89. The van der Waals surface area contributed by atoms with Gasteiger partial charge in [0.25, 0.3) is 0 Å². The summed E-state index contributed by atoms with van der Waals surface area (Å²) < 4.78 is 17.9. The minimum Gasteiger partial charge on any atom is -0.469 e. The Labute approximate surface area is 165 Å². The molecule has 2 unspecified atom stereocenters. The van der Waals surface area contributed by atoms with E-state index in [1.165, 1.54) is 18.2 Å². The lowest BCUT2D eigenvalue weighted by Crippen LogP contribution is -2.75. The lowest BCUT2D eigenvalue weighted by molar-refractivity contribution is -0.164. The van der Waals surface area contributed by atoms with E-state index in [0.29, 0.717) is 6.73 Å². The van der Waals surface area contributed by atoms with Gasteiger partial charge < -0.3 is 19.1 Å². The lowest BCUT2D eigenvalue weighted by atomic mass is 9.49. The van der Waals surface area contributed by atoms with Crippen molar-refractivity contribution in [1.82, 2.24) is 4.90 Å². The summed E-state index contributed by atoms with van der Waals surface area (Å²) in [6.07, 6.45) is 3.98. The highest BCUT2D eigenvalue weighted by atomic mass is 16.6. The molecule has 3 saturated heterocycles. The first kappa shape index (κ1) is 17.0. The third-order valence-electron chi connectivity index (χ3n) is 8.09. The van der Waals surface area contributed by atoms with Gasteiger partial charge in [0.2, 0.25) is 0 Å². The van der Waals surface area contributed by atoms with Crippen LogP contribution in [0.1, 0.15) is 25.3 Å². The molecule has 1 saturated carbocycles. The van der Waals surface area contributed by atoms with Crippen molar-refractivity contribution in [3.8, 4) is 0 Å². The number of rotatable bonds is 3. The first-order valence-electron chi connectivity index (χ1n) is 10.2. The molecule has 5 aliphatic rings. The first-order valence-corrected chi connectivity index (χ1v) is 10.2.